The highest BCUT2D eigenvalue weighted by Crippen LogP contribution is 2.16. The van der Waals surface area contributed by atoms with Crippen molar-refractivity contribution >= 4 is 11.9 Å². The number of ether oxygens (including phenoxy) is 1. The van der Waals surface area contributed by atoms with Gasteiger partial charge in [-0.05, 0) is 12.5 Å². The maximum Gasteiger partial charge on any atom is 0.326 e. The zero-order chi connectivity index (χ0) is 16.7. The van der Waals surface area contributed by atoms with Crippen LogP contribution in [0.5, 0.6) is 0 Å². The van der Waals surface area contributed by atoms with Crippen molar-refractivity contribution in [1.82, 2.24) is 9.80 Å². The summed E-state index contributed by atoms with van der Waals surface area (Å²) >= 11 is 0. The van der Waals surface area contributed by atoms with Crippen molar-refractivity contribution in [3.63, 3.8) is 0 Å². The molecule has 0 amide bonds. The van der Waals surface area contributed by atoms with Crippen LogP contribution in [0.1, 0.15) is 18.6 Å². The molecule has 0 aromatic heterocycles. The van der Waals surface area contributed by atoms with E-state index in [0.717, 1.165) is 5.56 Å². The van der Waals surface area contributed by atoms with E-state index >= 15 is 0 Å². The van der Waals surface area contributed by atoms with Crippen molar-refractivity contribution < 1.29 is 14.6 Å². The molecular weight excluding hydrogens is 288 g/mol. The molecule has 0 radical (unpaired) electrons. The number of hydrogen-bond acceptors (Lipinski definition) is 4. The van der Waals surface area contributed by atoms with Gasteiger partial charge in [-0.2, -0.15) is 0 Å². The molecule has 1 aromatic carbocycles. The van der Waals surface area contributed by atoms with Crippen LogP contribution < -0.4 is 0 Å². The van der Waals surface area contributed by atoms with Crippen molar-refractivity contribution in [2.24, 2.45) is 5.10 Å². The quantitative estimate of drug-likeness (QED) is 0.268. The Balaban J connectivity index is 2.65. The van der Waals surface area contributed by atoms with Crippen LogP contribution in [0.4, 0.5) is 0 Å². The van der Waals surface area contributed by atoms with Crippen molar-refractivity contribution in [2.45, 2.75) is 13.0 Å². The highest BCUT2D eigenvalue weighted by atomic mass is 16.7. The van der Waals surface area contributed by atoms with Gasteiger partial charge >= 0.3 is 5.97 Å². The lowest BCUT2D eigenvalue weighted by molar-refractivity contribution is -0.486. The molecule has 1 unspecified atom stereocenters. The van der Waals surface area contributed by atoms with E-state index in [-0.39, 0.29) is 12.5 Å². The van der Waals surface area contributed by atoms with Gasteiger partial charge < -0.3 is 14.5 Å². The summed E-state index contributed by atoms with van der Waals surface area (Å²) in [6.07, 6.45) is -0.391. The fraction of sp³-hybridized carbons (Fsp3) is 0.429. The van der Waals surface area contributed by atoms with E-state index in [1.807, 2.05) is 30.3 Å². The summed E-state index contributed by atoms with van der Waals surface area (Å²) in [5, 5.41) is 13.0. The zero-order valence-electron chi connectivity index (χ0n) is 13.1. The standard InChI is InChI=1S/C14H20N4O4/c1-11(12-8-6-5-7-9-12)22-13(19)10-17(4)14(16(2)3)15-18(20)21/h5-9,11H,10H2,1-4H3. The minimum Gasteiger partial charge on any atom is -0.456 e. The molecule has 120 valence electrons. The van der Waals surface area contributed by atoms with Gasteiger partial charge in [0, 0.05) is 21.1 Å². The first-order chi connectivity index (χ1) is 10.3. The Morgan fingerprint density at radius 1 is 1.32 bits per heavy atom. The van der Waals surface area contributed by atoms with Crippen LogP contribution in [-0.4, -0.2) is 54.4 Å². The lowest BCUT2D eigenvalue weighted by Gasteiger charge is -2.23. The summed E-state index contributed by atoms with van der Waals surface area (Å²) in [6.45, 7) is 1.63. The zero-order valence-corrected chi connectivity index (χ0v) is 13.1. The maximum atomic E-state index is 11.9. The summed E-state index contributed by atoms with van der Waals surface area (Å²) in [7, 11) is 4.75. The Hall–Kier alpha value is -2.64. The van der Waals surface area contributed by atoms with Gasteiger partial charge in [0.1, 0.15) is 17.8 Å². The minimum absolute atomic E-state index is 0.0642. The van der Waals surface area contributed by atoms with Crippen molar-refractivity contribution in [1.29, 1.82) is 0 Å². The fourth-order valence-electron chi connectivity index (χ4n) is 1.87. The molecule has 1 rings (SSSR count). The smallest absolute Gasteiger partial charge is 0.326 e. The van der Waals surface area contributed by atoms with Gasteiger partial charge in [-0.3, -0.25) is 4.79 Å². The Morgan fingerprint density at radius 3 is 2.41 bits per heavy atom. The van der Waals surface area contributed by atoms with Gasteiger partial charge in [0.25, 0.3) is 5.96 Å². The molecule has 1 aromatic rings. The number of nitrogens with zero attached hydrogens (tertiary/aromatic N) is 4. The highest BCUT2D eigenvalue weighted by molar-refractivity contribution is 5.83. The number of benzene rings is 1. The van der Waals surface area contributed by atoms with Gasteiger partial charge in [-0.15, -0.1) is 0 Å². The van der Waals surface area contributed by atoms with Crippen LogP contribution >= 0.6 is 0 Å². The first kappa shape index (κ1) is 17.4. The van der Waals surface area contributed by atoms with E-state index < -0.39 is 17.1 Å². The summed E-state index contributed by atoms with van der Waals surface area (Å²) < 4.78 is 5.32. The molecule has 0 bridgehead atoms. The molecular formula is C14H20N4O4. The monoisotopic (exact) mass is 308 g/mol. The number of carbonyl (C=O) groups is 1. The Labute approximate surface area is 129 Å². The van der Waals surface area contributed by atoms with E-state index in [0.29, 0.717) is 0 Å². The summed E-state index contributed by atoms with van der Waals surface area (Å²) in [5.41, 5.74) is 0.880. The van der Waals surface area contributed by atoms with E-state index in [2.05, 4.69) is 5.10 Å². The molecule has 8 heteroatoms. The van der Waals surface area contributed by atoms with Gasteiger partial charge in [0.15, 0.2) is 5.03 Å². The van der Waals surface area contributed by atoms with E-state index in [1.165, 1.54) is 16.8 Å². The number of esters is 1. The summed E-state index contributed by atoms with van der Waals surface area (Å²) in [5.74, 6) is -0.425. The third-order valence-electron chi connectivity index (χ3n) is 2.86. The molecule has 8 nitrogen and oxygen atoms in total. The molecule has 1 atom stereocenters. The molecule has 0 fully saturated rings. The van der Waals surface area contributed by atoms with Crippen LogP contribution in [0.15, 0.2) is 35.4 Å². The van der Waals surface area contributed by atoms with Crippen molar-refractivity contribution in [3.8, 4) is 0 Å². The van der Waals surface area contributed by atoms with Gasteiger partial charge in [-0.25, -0.2) is 10.1 Å². The maximum absolute atomic E-state index is 11.9. The van der Waals surface area contributed by atoms with Crippen molar-refractivity contribution in [2.75, 3.05) is 27.7 Å². The Morgan fingerprint density at radius 2 is 1.91 bits per heavy atom. The van der Waals surface area contributed by atoms with Crippen LogP contribution in [0.2, 0.25) is 0 Å². The molecule has 22 heavy (non-hydrogen) atoms. The number of guanidine groups is 1. The SMILES string of the molecule is CC(OC(=O)CN(C)C(=N[N+](=O)[O-])N(C)C)c1ccccc1. The number of carbonyl (C=O) groups excluding carboxylic acids is 1. The van der Waals surface area contributed by atoms with Crippen LogP contribution in [0.3, 0.4) is 0 Å². The molecule has 0 N–H and O–H groups in total. The normalized spacial score (nSPS) is 12.5. The lowest BCUT2D eigenvalue weighted by atomic mass is 10.1. The average molecular weight is 308 g/mol. The van der Waals surface area contributed by atoms with E-state index in [4.69, 9.17) is 4.74 Å². The second-order valence-corrected chi connectivity index (χ2v) is 4.93. The molecule has 0 saturated heterocycles. The Bertz CT molecular complexity index is 545. The second-order valence-electron chi connectivity index (χ2n) is 4.93. The van der Waals surface area contributed by atoms with Crippen LogP contribution in [-0.2, 0) is 9.53 Å². The third-order valence-corrected chi connectivity index (χ3v) is 2.86. The third kappa shape index (κ3) is 5.39. The van der Waals surface area contributed by atoms with E-state index in [9.17, 15) is 14.9 Å². The number of hydrogen-bond donors (Lipinski definition) is 0. The lowest BCUT2D eigenvalue weighted by Crippen LogP contribution is -2.41. The number of nitro groups is 1. The van der Waals surface area contributed by atoms with Gasteiger partial charge in [0.05, 0.1) is 0 Å². The minimum atomic E-state index is -0.802. The first-order valence-corrected chi connectivity index (χ1v) is 6.67. The molecule has 0 heterocycles. The molecule has 0 aliphatic heterocycles. The number of rotatable bonds is 5. The van der Waals surface area contributed by atoms with Crippen LogP contribution in [0, 0.1) is 10.1 Å². The topological polar surface area (TPSA) is 88.3 Å². The molecule has 0 spiro atoms. The molecule has 0 aliphatic rings. The van der Waals surface area contributed by atoms with Gasteiger partial charge in [0.2, 0.25) is 0 Å². The van der Waals surface area contributed by atoms with E-state index in [1.54, 1.807) is 21.0 Å². The van der Waals surface area contributed by atoms with Crippen molar-refractivity contribution in [3.05, 3.63) is 46.0 Å². The van der Waals surface area contributed by atoms with Crippen LogP contribution in [0.25, 0.3) is 0 Å². The predicted octanol–water partition coefficient (Wildman–Crippen LogP) is 1.33. The highest BCUT2D eigenvalue weighted by Gasteiger charge is 2.19. The average Bonchev–Trinajstić information content (AvgIpc) is 2.44. The molecule has 0 aliphatic carbocycles. The number of hydrazone groups is 1. The summed E-state index contributed by atoms with van der Waals surface area (Å²) in [6, 6.07) is 9.32. The largest absolute Gasteiger partial charge is 0.456 e. The molecule has 0 saturated carbocycles. The number of likely N-dealkylation sites (N-methyl/N-ethyl adjacent to an activating group) is 1. The Kier molecular flexibility index (Phi) is 6.30. The predicted molar refractivity (Wildman–Crippen MR) is 81.7 cm³/mol. The second kappa shape index (κ2) is 7.96. The first-order valence-electron chi connectivity index (χ1n) is 6.67. The summed E-state index contributed by atoms with van der Waals surface area (Å²) in [4.78, 5) is 25.3. The van der Waals surface area contributed by atoms with Gasteiger partial charge in [-0.1, -0.05) is 30.3 Å². The fourth-order valence-corrected chi connectivity index (χ4v) is 1.87.